The Balaban J connectivity index is 1.93. The Kier molecular flexibility index (Phi) is 3.10. The van der Waals surface area contributed by atoms with E-state index in [-0.39, 0.29) is 17.5 Å². The zero-order valence-corrected chi connectivity index (χ0v) is 10.7. The van der Waals surface area contributed by atoms with Gasteiger partial charge in [0.25, 0.3) is 0 Å². The van der Waals surface area contributed by atoms with E-state index < -0.39 is 10.8 Å². The molecule has 1 aromatic carbocycles. The predicted octanol–water partition coefficient (Wildman–Crippen LogP) is 3.49. The minimum atomic E-state index is -0.633. The molecule has 0 aliphatic heterocycles. The number of hydrogen-bond donors (Lipinski definition) is 0. The summed E-state index contributed by atoms with van der Waals surface area (Å²) in [4.78, 5) is 22.5. The number of carbonyl (C=O) groups is 1. The molecule has 0 radical (unpaired) electrons. The molecule has 1 unspecified atom stereocenters. The van der Waals surface area contributed by atoms with Crippen LogP contribution in [0.1, 0.15) is 40.4 Å². The Morgan fingerprint density at radius 2 is 2.05 bits per heavy atom. The lowest BCUT2D eigenvalue weighted by Gasteiger charge is -2.23. The van der Waals surface area contributed by atoms with E-state index in [2.05, 4.69) is 0 Å². The van der Waals surface area contributed by atoms with Crippen molar-refractivity contribution in [2.45, 2.75) is 25.2 Å². The zero-order valence-electron chi connectivity index (χ0n) is 10.7. The van der Waals surface area contributed by atoms with Gasteiger partial charge in [-0.25, -0.2) is 0 Å². The van der Waals surface area contributed by atoms with Crippen molar-refractivity contribution < 1.29 is 14.1 Å². The van der Waals surface area contributed by atoms with Crippen LogP contribution in [0.3, 0.4) is 0 Å². The molecule has 0 bridgehead atoms. The molecule has 0 saturated carbocycles. The third-order valence-corrected chi connectivity index (χ3v) is 3.70. The Morgan fingerprint density at radius 3 is 2.80 bits per heavy atom. The van der Waals surface area contributed by atoms with E-state index in [0.29, 0.717) is 0 Å². The molecule has 20 heavy (non-hydrogen) atoms. The zero-order chi connectivity index (χ0) is 14.1. The number of nitrogens with zero attached hydrogens (tertiary/aromatic N) is 1. The summed E-state index contributed by atoms with van der Waals surface area (Å²) in [6.07, 6.45) is 2.67. The number of aryl methyl sites for hydroxylation is 1. The molecule has 102 valence electrons. The molecule has 1 heterocycles. The fourth-order valence-corrected chi connectivity index (χ4v) is 2.76. The van der Waals surface area contributed by atoms with Crippen molar-refractivity contribution in [3.05, 3.63) is 63.4 Å². The number of nitro groups is 1. The quantitative estimate of drug-likeness (QED) is 0.486. The van der Waals surface area contributed by atoms with Crippen LogP contribution in [-0.2, 0) is 6.42 Å². The standard InChI is InChI=1S/C15H13NO4/c17-15(13-8-9-14(20-13)16(18)19)12-7-3-5-10-4-1-2-6-11(10)12/h1-2,4,6,8-9,12H,3,5,7H2. The molecule has 5 heteroatoms. The van der Waals surface area contributed by atoms with Crippen molar-refractivity contribution in [1.29, 1.82) is 0 Å². The lowest BCUT2D eigenvalue weighted by atomic mass is 9.80. The molecule has 1 atom stereocenters. The fraction of sp³-hybridized carbons (Fsp3) is 0.267. The van der Waals surface area contributed by atoms with Crippen molar-refractivity contribution >= 4 is 11.7 Å². The van der Waals surface area contributed by atoms with E-state index in [4.69, 9.17) is 4.42 Å². The van der Waals surface area contributed by atoms with Crippen LogP contribution in [0.4, 0.5) is 5.88 Å². The third-order valence-electron chi connectivity index (χ3n) is 3.70. The first kappa shape index (κ1) is 12.6. The number of rotatable bonds is 3. The fourth-order valence-electron chi connectivity index (χ4n) is 2.76. The maximum absolute atomic E-state index is 12.5. The first-order valence-electron chi connectivity index (χ1n) is 6.53. The van der Waals surface area contributed by atoms with Crippen LogP contribution in [-0.4, -0.2) is 10.7 Å². The number of furan rings is 1. The summed E-state index contributed by atoms with van der Waals surface area (Å²) in [5.41, 5.74) is 2.20. The number of Topliss-reactive ketones (excluding diaryl/α,β-unsaturated/α-hetero) is 1. The molecule has 1 aliphatic carbocycles. The van der Waals surface area contributed by atoms with Crippen molar-refractivity contribution in [1.82, 2.24) is 0 Å². The SMILES string of the molecule is O=C(c1ccc([N+](=O)[O-])o1)C1CCCc2ccccc21. The molecule has 1 aromatic heterocycles. The lowest BCUT2D eigenvalue weighted by Crippen LogP contribution is -2.18. The molecule has 0 saturated heterocycles. The van der Waals surface area contributed by atoms with Gasteiger partial charge in [-0.05, 0) is 36.5 Å². The van der Waals surface area contributed by atoms with Crippen LogP contribution >= 0.6 is 0 Å². The van der Waals surface area contributed by atoms with Gasteiger partial charge in [-0.2, -0.15) is 0 Å². The Bertz CT molecular complexity index is 674. The largest absolute Gasteiger partial charge is 0.433 e. The summed E-state index contributed by atoms with van der Waals surface area (Å²) in [5, 5.41) is 10.6. The molecule has 0 N–H and O–H groups in total. The van der Waals surface area contributed by atoms with Gasteiger partial charge in [0.05, 0.1) is 12.0 Å². The van der Waals surface area contributed by atoms with Crippen molar-refractivity contribution in [3.8, 4) is 0 Å². The van der Waals surface area contributed by atoms with Crippen LogP contribution in [0.25, 0.3) is 0 Å². The molecule has 3 rings (SSSR count). The highest BCUT2D eigenvalue weighted by Gasteiger charge is 2.29. The van der Waals surface area contributed by atoms with Crippen molar-refractivity contribution in [2.24, 2.45) is 0 Å². The molecular formula is C15H13NO4. The van der Waals surface area contributed by atoms with Crippen LogP contribution in [0.5, 0.6) is 0 Å². The summed E-state index contributed by atoms with van der Waals surface area (Å²) in [5.74, 6) is -0.758. The van der Waals surface area contributed by atoms with Crippen LogP contribution in [0.15, 0.2) is 40.8 Å². The van der Waals surface area contributed by atoms with Crippen LogP contribution in [0, 0.1) is 10.1 Å². The second-order valence-electron chi connectivity index (χ2n) is 4.90. The molecule has 0 amide bonds. The molecule has 0 fully saturated rings. The third kappa shape index (κ3) is 2.11. The molecular weight excluding hydrogens is 258 g/mol. The summed E-state index contributed by atoms with van der Waals surface area (Å²) in [7, 11) is 0. The van der Waals surface area contributed by atoms with Gasteiger partial charge in [-0.1, -0.05) is 24.3 Å². The molecule has 1 aliphatic rings. The Hall–Kier alpha value is -2.43. The monoisotopic (exact) mass is 271 g/mol. The molecule has 2 aromatic rings. The highest BCUT2D eigenvalue weighted by Crippen LogP contribution is 2.34. The minimum Gasteiger partial charge on any atom is -0.397 e. The van der Waals surface area contributed by atoms with E-state index in [1.165, 1.54) is 17.7 Å². The highest BCUT2D eigenvalue weighted by molar-refractivity contribution is 5.99. The van der Waals surface area contributed by atoms with Crippen molar-refractivity contribution in [2.75, 3.05) is 0 Å². The van der Waals surface area contributed by atoms with Crippen molar-refractivity contribution in [3.63, 3.8) is 0 Å². The average Bonchev–Trinajstić information content (AvgIpc) is 2.96. The lowest BCUT2D eigenvalue weighted by molar-refractivity contribution is -0.402. The van der Waals surface area contributed by atoms with Crippen LogP contribution < -0.4 is 0 Å². The van der Waals surface area contributed by atoms with Gasteiger partial charge < -0.3 is 4.42 Å². The number of carbonyl (C=O) groups excluding carboxylic acids is 1. The normalized spacial score (nSPS) is 17.5. The van der Waals surface area contributed by atoms with Crippen LogP contribution in [0.2, 0.25) is 0 Å². The molecule has 0 spiro atoms. The smallest absolute Gasteiger partial charge is 0.397 e. The van der Waals surface area contributed by atoms with Gasteiger partial charge in [0, 0.05) is 0 Å². The van der Waals surface area contributed by atoms with E-state index in [9.17, 15) is 14.9 Å². The first-order chi connectivity index (χ1) is 9.66. The second-order valence-corrected chi connectivity index (χ2v) is 4.90. The second kappa shape index (κ2) is 4.92. The molecule has 5 nitrogen and oxygen atoms in total. The predicted molar refractivity (Wildman–Crippen MR) is 71.8 cm³/mol. The minimum absolute atomic E-state index is 0.0680. The van der Waals surface area contributed by atoms with Gasteiger partial charge in [-0.3, -0.25) is 14.9 Å². The van der Waals surface area contributed by atoms with Gasteiger partial charge in [0.15, 0.2) is 5.76 Å². The Morgan fingerprint density at radius 1 is 1.25 bits per heavy atom. The maximum atomic E-state index is 12.5. The summed E-state index contributed by atoms with van der Waals surface area (Å²) in [6.45, 7) is 0. The van der Waals surface area contributed by atoms with Gasteiger partial charge in [0.1, 0.15) is 4.92 Å². The number of hydrogen-bond acceptors (Lipinski definition) is 4. The van der Waals surface area contributed by atoms with E-state index >= 15 is 0 Å². The number of ketones is 1. The maximum Gasteiger partial charge on any atom is 0.433 e. The highest BCUT2D eigenvalue weighted by atomic mass is 16.6. The average molecular weight is 271 g/mol. The summed E-state index contributed by atoms with van der Waals surface area (Å²) in [6, 6.07) is 10.5. The van der Waals surface area contributed by atoms with E-state index in [1.54, 1.807) is 0 Å². The number of fused-ring (bicyclic) bond motifs is 1. The van der Waals surface area contributed by atoms with E-state index in [1.807, 2.05) is 24.3 Å². The number of benzene rings is 1. The Labute approximate surface area is 115 Å². The first-order valence-corrected chi connectivity index (χ1v) is 6.53. The summed E-state index contributed by atoms with van der Waals surface area (Å²) >= 11 is 0. The van der Waals surface area contributed by atoms with Gasteiger partial charge in [0.2, 0.25) is 5.78 Å². The van der Waals surface area contributed by atoms with Gasteiger partial charge >= 0.3 is 5.88 Å². The van der Waals surface area contributed by atoms with E-state index in [0.717, 1.165) is 24.8 Å². The van der Waals surface area contributed by atoms with Gasteiger partial charge in [-0.15, -0.1) is 0 Å². The topological polar surface area (TPSA) is 73.3 Å². The summed E-state index contributed by atoms with van der Waals surface area (Å²) < 4.78 is 5.03.